The highest BCUT2D eigenvalue weighted by molar-refractivity contribution is 7.16. The highest BCUT2D eigenvalue weighted by Crippen LogP contribution is 2.28. The van der Waals surface area contributed by atoms with Crippen molar-refractivity contribution in [3.63, 3.8) is 0 Å². The first kappa shape index (κ1) is 12.0. The molecule has 1 aromatic carbocycles. The first-order valence-electron chi connectivity index (χ1n) is 7.04. The highest BCUT2D eigenvalue weighted by Gasteiger charge is 2.23. The van der Waals surface area contributed by atoms with Crippen LogP contribution in [-0.2, 0) is 12.8 Å². The lowest BCUT2D eigenvalue weighted by Gasteiger charge is -2.06. The van der Waals surface area contributed by atoms with E-state index in [0.717, 1.165) is 5.75 Å². The number of nitrogens with one attached hydrogen (secondary N) is 1. The molecule has 20 heavy (non-hydrogen) atoms. The second-order valence-corrected chi connectivity index (χ2v) is 6.33. The smallest absolute Gasteiger partial charge is 0.344 e. The molecule has 0 fully saturated rings. The third-order valence-corrected chi connectivity index (χ3v) is 5.20. The van der Waals surface area contributed by atoms with Crippen LogP contribution < -0.4 is 9.14 Å². The fourth-order valence-electron chi connectivity index (χ4n) is 2.93. The maximum absolute atomic E-state index is 5.21. The van der Waals surface area contributed by atoms with Gasteiger partial charge in [0.15, 0.2) is 5.69 Å². The highest BCUT2D eigenvalue weighted by atomic mass is 32.1. The minimum absolute atomic E-state index is 0.896. The third-order valence-electron chi connectivity index (χ3n) is 4.02. The lowest BCUT2D eigenvalue weighted by Crippen LogP contribution is -2.23. The Balaban J connectivity index is 1.78. The van der Waals surface area contributed by atoms with Crippen LogP contribution in [0.2, 0.25) is 0 Å². The van der Waals surface area contributed by atoms with E-state index in [4.69, 9.17) is 4.74 Å². The van der Waals surface area contributed by atoms with E-state index in [1.165, 1.54) is 47.6 Å². The van der Waals surface area contributed by atoms with Gasteiger partial charge in [0.1, 0.15) is 17.6 Å². The van der Waals surface area contributed by atoms with Crippen molar-refractivity contribution >= 4 is 16.3 Å². The molecule has 0 unspecified atom stereocenters. The summed E-state index contributed by atoms with van der Waals surface area (Å²) in [4.78, 5) is 6.36. The largest absolute Gasteiger partial charge is 0.497 e. The number of rotatable bonds is 2. The van der Waals surface area contributed by atoms with Gasteiger partial charge in [0, 0.05) is 12.0 Å². The van der Waals surface area contributed by atoms with Crippen molar-refractivity contribution in [2.75, 3.05) is 7.11 Å². The van der Waals surface area contributed by atoms with Crippen LogP contribution >= 0.6 is 11.3 Å². The maximum atomic E-state index is 5.21. The zero-order chi connectivity index (χ0) is 13.5. The van der Waals surface area contributed by atoms with Gasteiger partial charge in [-0.2, -0.15) is 4.40 Å². The Labute approximate surface area is 121 Å². The number of fused-ring (bicyclic) bond motifs is 3. The number of H-pyrrole nitrogens is 1. The van der Waals surface area contributed by atoms with Crippen LogP contribution in [0.5, 0.6) is 5.75 Å². The van der Waals surface area contributed by atoms with Gasteiger partial charge >= 0.3 is 4.96 Å². The minimum atomic E-state index is 0.896. The second kappa shape index (κ2) is 4.63. The normalized spacial score (nSPS) is 14.4. The van der Waals surface area contributed by atoms with Crippen LogP contribution in [0.1, 0.15) is 23.4 Å². The molecule has 3 aromatic rings. The van der Waals surface area contributed by atoms with Gasteiger partial charge in [-0.15, -0.1) is 0 Å². The molecule has 2 heterocycles. The van der Waals surface area contributed by atoms with Gasteiger partial charge in [0.05, 0.1) is 12.0 Å². The number of benzene rings is 1. The molecule has 4 rings (SSSR count). The van der Waals surface area contributed by atoms with E-state index in [2.05, 4.69) is 27.7 Å². The monoisotopic (exact) mass is 285 g/mol. The van der Waals surface area contributed by atoms with Crippen LogP contribution in [0.25, 0.3) is 16.2 Å². The number of aromatic nitrogens is 2. The van der Waals surface area contributed by atoms with E-state index in [0.29, 0.717) is 0 Å². The van der Waals surface area contributed by atoms with Gasteiger partial charge in [0.25, 0.3) is 0 Å². The zero-order valence-electron chi connectivity index (χ0n) is 11.5. The Morgan fingerprint density at radius 2 is 1.95 bits per heavy atom. The number of nitrogens with zero attached hydrogens (tertiary/aromatic N) is 1. The van der Waals surface area contributed by atoms with Gasteiger partial charge in [0.2, 0.25) is 0 Å². The minimum Gasteiger partial charge on any atom is -0.497 e. The molecule has 1 aliphatic carbocycles. The molecule has 0 spiro atoms. The maximum Gasteiger partial charge on any atom is 0.344 e. The van der Waals surface area contributed by atoms with Crippen molar-refractivity contribution in [3.05, 3.63) is 41.0 Å². The summed E-state index contributed by atoms with van der Waals surface area (Å²) in [5, 5.41) is 0. The Kier molecular flexibility index (Phi) is 2.77. The molecule has 102 valence electrons. The van der Waals surface area contributed by atoms with Crippen molar-refractivity contribution in [1.82, 2.24) is 4.98 Å². The van der Waals surface area contributed by atoms with Gasteiger partial charge in [-0.05, 0) is 43.5 Å². The van der Waals surface area contributed by atoms with E-state index >= 15 is 0 Å². The Hall–Kier alpha value is -1.81. The average molecular weight is 285 g/mol. The molecule has 0 saturated carbocycles. The van der Waals surface area contributed by atoms with E-state index in [1.54, 1.807) is 12.0 Å². The molecule has 4 heteroatoms. The molecule has 3 nitrogen and oxygen atoms in total. The molecule has 0 amide bonds. The molecule has 0 atom stereocenters. The van der Waals surface area contributed by atoms with Crippen LogP contribution in [-0.4, -0.2) is 12.1 Å². The van der Waals surface area contributed by atoms with Crippen LogP contribution in [0, 0.1) is 0 Å². The third kappa shape index (κ3) is 1.83. The molecule has 2 aromatic heterocycles. The van der Waals surface area contributed by atoms with Crippen molar-refractivity contribution in [2.24, 2.45) is 0 Å². The Bertz CT molecular complexity index is 755. The number of thiazole rings is 1. The standard InChI is InChI=1S/C16H16N2OS/c1-19-12-8-6-11(7-9-12)13-10-18-14-4-2-3-5-15(14)20-16(18)17-13/h6-10H,2-5H2,1H3/p+1. The number of aromatic amines is 1. The van der Waals surface area contributed by atoms with E-state index in [-0.39, 0.29) is 0 Å². The van der Waals surface area contributed by atoms with Crippen molar-refractivity contribution in [1.29, 1.82) is 0 Å². The number of hydrogen-bond donors (Lipinski definition) is 1. The second-order valence-electron chi connectivity index (χ2n) is 5.25. The number of ether oxygens (including phenoxy) is 1. The summed E-state index contributed by atoms with van der Waals surface area (Å²) in [6.07, 6.45) is 7.34. The number of imidazole rings is 1. The van der Waals surface area contributed by atoms with Gasteiger partial charge in [-0.1, -0.05) is 11.3 Å². The van der Waals surface area contributed by atoms with Crippen molar-refractivity contribution < 1.29 is 9.14 Å². The van der Waals surface area contributed by atoms with E-state index < -0.39 is 0 Å². The first-order chi connectivity index (χ1) is 9.85. The molecule has 0 radical (unpaired) electrons. The lowest BCUT2D eigenvalue weighted by atomic mass is 10.0. The van der Waals surface area contributed by atoms with Gasteiger partial charge < -0.3 is 4.74 Å². The molecule has 1 N–H and O–H groups in total. The van der Waals surface area contributed by atoms with Crippen molar-refractivity contribution in [2.45, 2.75) is 25.7 Å². The molecule has 1 aliphatic rings. The summed E-state index contributed by atoms with van der Waals surface area (Å²) >= 11 is 1.91. The predicted molar refractivity (Wildman–Crippen MR) is 80.5 cm³/mol. The summed E-state index contributed by atoms with van der Waals surface area (Å²) in [6.45, 7) is 0. The Morgan fingerprint density at radius 3 is 2.75 bits per heavy atom. The van der Waals surface area contributed by atoms with E-state index in [1.807, 2.05) is 23.5 Å². The summed E-state index contributed by atoms with van der Waals surface area (Å²) in [5.74, 6) is 0.896. The molecular formula is C16H17N2OS+. The SMILES string of the molecule is COc1ccc(-c2c[n+]3c4c(sc3[nH]2)CCCC4)cc1. The summed E-state index contributed by atoms with van der Waals surface area (Å²) in [5.41, 5.74) is 3.88. The molecule has 0 saturated heterocycles. The van der Waals surface area contributed by atoms with Gasteiger partial charge in [-0.3, -0.25) is 0 Å². The van der Waals surface area contributed by atoms with Crippen LogP contribution in [0.3, 0.4) is 0 Å². The van der Waals surface area contributed by atoms with E-state index in [9.17, 15) is 0 Å². The Morgan fingerprint density at radius 1 is 1.15 bits per heavy atom. The molecule has 0 bridgehead atoms. The summed E-state index contributed by atoms with van der Waals surface area (Å²) < 4.78 is 7.56. The number of aryl methyl sites for hydroxylation is 2. The van der Waals surface area contributed by atoms with Crippen LogP contribution in [0.4, 0.5) is 0 Å². The van der Waals surface area contributed by atoms with Crippen LogP contribution in [0.15, 0.2) is 30.5 Å². The van der Waals surface area contributed by atoms with Crippen molar-refractivity contribution in [3.8, 4) is 17.0 Å². The zero-order valence-corrected chi connectivity index (χ0v) is 12.3. The summed E-state index contributed by atoms with van der Waals surface area (Å²) in [7, 11) is 1.70. The molecule has 0 aliphatic heterocycles. The average Bonchev–Trinajstić information content (AvgIpc) is 3.05. The van der Waals surface area contributed by atoms with Gasteiger partial charge in [-0.25, -0.2) is 4.98 Å². The predicted octanol–water partition coefficient (Wildman–Crippen LogP) is 3.37. The fourth-order valence-corrected chi connectivity index (χ4v) is 4.15. The first-order valence-corrected chi connectivity index (χ1v) is 7.86. The topological polar surface area (TPSA) is 29.1 Å². The molecular weight excluding hydrogens is 268 g/mol. The number of hydrogen-bond acceptors (Lipinski definition) is 2. The number of methoxy groups -OCH3 is 1. The lowest BCUT2D eigenvalue weighted by molar-refractivity contribution is -0.515. The summed E-state index contributed by atoms with van der Waals surface area (Å²) in [6, 6.07) is 8.21. The fraction of sp³-hybridized carbons (Fsp3) is 0.312. The quantitative estimate of drug-likeness (QED) is 0.719.